The van der Waals surface area contributed by atoms with E-state index in [1.807, 2.05) is 0 Å². The Morgan fingerprint density at radius 2 is 2.00 bits per heavy atom. The molecule has 1 heterocycles. The van der Waals surface area contributed by atoms with Gasteiger partial charge < -0.3 is 10.5 Å². The van der Waals surface area contributed by atoms with Crippen LogP contribution >= 0.6 is 0 Å². The van der Waals surface area contributed by atoms with Crippen LogP contribution in [-0.4, -0.2) is 18.8 Å². The molecule has 2 unspecified atom stereocenters. The van der Waals surface area contributed by atoms with E-state index in [9.17, 15) is 0 Å². The van der Waals surface area contributed by atoms with Crippen LogP contribution in [0.25, 0.3) is 0 Å². The summed E-state index contributed by atoms with van der Waals surface area (Å²) in [5.74, 6) is 0.881. The zero-order chi connectivity index (χ0) is 7.68. The van der Waals surface area contributed by atoms with Crippen LogP contribution in [0.3, 0.4) is 0 Å². The summed E-state index contributed by atoms with van der Waals surface area (Å²) < 4.78 is 5.79. The predicted molar refractivity (Wildman–Crippen MR) is 44.3 cm³/mol. The minimum absolute atomic E-state index is 0.376. The van der Waals surface area contributed by atoms with Crippen LogP contribution in [0.1, 0.15) is 32.1 Å². The fourth-order valence-corrected chi connectivity index (χ4v) is 2.07. The molecule has 0 spiro atoms. The smallest absolute Gasteiger partial charge is 0.0702 e. The highest BCUT2D eigenvalue weighted by atomic mass is 16.5. The lowest BCUT2D eigenvalue weighted by atomic mass is 9.80. The maximum Gasteiger partial charge on any atom is 0.0702 e. The topological polar surface area (TPSA) is 35.2 Å². The van der Waals surface area contributed by atoms with E-state index in [1.165, 1.54) is 32.1 Å². The summed E-state index contributed by atoms with van der Waals surface area (Å²) in [5.41, 5.74) is 5.53. The van der Waals surface area contributed by atoms with E-state index >= 15 is 0 Å². The van der Waals surface area contributed by atoms with Gasteiger partial charge in [0.25, 0.3) is 0 Å². The second-order valence-electron chi connectivity index (χ2n) is 3.80. The summed E-state index contributed by atoms with van der Waals surface area (Å²) >= 11 is 0. The van der Waals surface area contributed by atoms with Gasteiger partial charge in [-0.1, -0.05) is 6.42 Å². The van der Waals surface area contributed by atoms with Crippen molar-refractivity contribution in [3.05, 3.63) is 0 Å². The van der Waals surface area contributed by atoms with Crippen molar-refractivity contribution in [3.63, 3.8) is 0 Å². The zero-order valence-electron chi connectivity index (χ0n) is 6.96. The summed E-state index contributed by atoms with van der Waals surface area (Å²) in [5, 5.41) is 0. The van der Waals surface area contributed by atoms with Gasteiger partial charge >= 0.3 is 0 Å². The van der Waals surface area contributed by atoms with Gasteiger partial charge in [-0.15, -0.1) is 0 Å². The van der Waals surface area contributed by atoms with Crippen LogP contribution in [0, 0.1) is 5.92 Å². The highest BCUT2D eigenvalue weighted by Crippen LogP contribution is 2.37. The van der Waals surface area contributed by atoms with Gasteiger partial charge in [0.1, 0.15) is 0 Å². The van der Waals surface area contributed by atoms with Crippen LogP contribution in [0.2, 0.25) is 0 Å². The van der Waals surface area contributed by atoms with Gasteiger partial charge in [-0.2, -0.15) is 0 Å². The molecule has 1 saturated carbocycles. The third kappa shape index (κ3) is 1.42. The molecule has 2 fully saturated rings. The molecule has 64 valence electrons. The summed E-state index contributed by atoms with van der Waals surface area (Å²) in [7, 11) is 0. The molecule has 0 amide bonds. The highest BCUT2D eigenvalue weighted by molar-refractivity contribution is 4.84. The Morgan fingerprint density at radius 1 is 1.18 bits per heavy atom. The molecule has 2 atom stereocenters. The van der Waals surface area contributed by atoms with Gasteiger partial charge in [-0.25, -0.2) is 0 Å². The molecule has 0 aromatic carbocycles. The van der Waals surface area contributed by atoms with Gasteiger partial charge in [0, 0.05) is 6.54 Å². The largest absolute Gasteiger partial charge is 0.373 e. The van der Waals surface area contributed by atoms with E-state index in [1.54, 1.807) is 0 Å². The van der Waals surface area contributed by atoms with Crippen LogP contribution < -0.4 is 5.73 Å². The van der Waals surface area contributed by atoms with E-state index < -0.39 is 0 Å². The molecule has 2 heteroatoms. The van der Waals surface area contributed by atoms with Crippen LogP contribution in [-0.2, 0) is 4.74 Å². The number of ether oxygens (including phenoxy) is 1. The Bertz CT molecular complexity index is 134. The number of nitrogens with two attached hydrogens (primary N) is 1. The van der Waals surface area contributed by atoms with E-state index in [4.69, 9.17) is 10.5 Å². The molecule has 2 N–H and O–H groups in total. The molecule has 0 aromatic heterocycles. The predicted octanol–water partition coefficient (Wildman–Crippen LogP) is 1.29. The van der Waals surface area contributed by atoms with Crippen molar-refractivity contribution in [1.29, 1.82) is 0 Å². The number of hydrogen-bond acceptors (Lipinski definition) is 2. The van der Waals surface area contributed by atoms with E-state index in [0.717, 1.165) is 5.92 Å². The Labute approximate surface area is 68.1 Å². The first-order valence-electron chi connectivity index (χ1n) is 4.75. The lowest BCUT2D eigenvalue weighted by molar-refractivity contribution is -0.00830. The highest BCUT2D eigenvalue weighted by Gasteiger charge is 2.33. The first-order chi connectivity index (χ1) is 5.40. The fraction of sp³-hybridized carbons (Fsp3) is 1.00. The SMILES string of the molecule is NCC1CCC(C2CCC2)O1. The first kappa shape index (κ1) is 7.56. The Balaban J connectivity index is 1.79. The van der Waals surface area contributed by atoms with Gasteiger partial charge in [0.15, 0.2) is 0 Å². The van der Waals surface area contributed by atoms with Gasteiger partial charge in [-0.3, -0.25) is 0 Å². The number of hydrogen-bond donors (Lipinski definition) is 1. The molecule has 0 aromatic rings. The average molecular weight is 155 g/mol. The Morgan fingerprint density at radius 3 is 2.45 bits per heavy atom. The van der Waals surface area contributed by atoms with Crippen molar-refractivity contribution in [2.24, 2.45) is 11.7 Å². The molecule has 2 nitrogen and oxygen atoms in total. The summed E-state index contributed by atoms with van der Waals surface area (Å²) in [6.45, 7) is 0.712. The second kappa shape index (κ2) is 3.11. The second-order valence-corrected chi connectivity index (χ2v) is 3.80. The molecule has 0 radical (unpaired) electrons. The molecule has 2 aliphatic rings. The normalized spacial score (nSPS) is 39.0. The Kier molecular flexibility index (Phi) is 2.14. The fourth-order valence-electron chi connectivity index (χ4n) is 2.07. The monoisotopic (exact) mass is 155 g/mol. The van der Waals surface area contributed by atoms with E-state index in [0.29, 0.717) is 18.8 Å². The van der Waals surface area contributed by atoms with Crippen LogP contribution in [0.15, 0.2) is 0 Å². The van der Waals surface area contributed by atoms with Crippen molar-refractivity contribution >= 4 is 0 Å². The molecular weight excluding hydrogens is 138 g/mol. The summed E-state index contributed by atoms with van der Waals surface area (Å²) in [4.78, 5) is 0. The maximum absolute atomic E-state index is 5.79. The van der Waals surface area contributed by atoms with Crippen molar-refractivity contribution in [2.45, 2.75) is 44.3 Å². The number of rotatable bonds is 2. The minimum atomic E-state index is 0.376. The molecule has 2 rings (SSSR count). The Hall–Kier alpha value is -0.0800. The van der Waals surface area contributed by atoms with Crippen molar-refractivity contribution in [3.8, 4) is 0 Å². The third-order valence-corrected chi connectivity index (χ3v) is 3.08. The molecule has 1 aliphatic carbocycles. The molecule has 11 heavy (non-hydrogen) atoms. The summed E-state index contributed by atoms with van der Waals surface area (Å²) in [6, 6.07) is 0. The first-order valence-corrected chi connectivity index (χ1v) is 4.75. The lowest BCUT2D eigenvalue weighted by Gasteiger charge is -2.30. The van der Waals surface area contributed by atoms with Crippen molar-refractivity contribution < 1.29 is 4.74 Å². The van der Waals surface area contributed by atoms with Crippen LogP contribution in [0.5, 0.6) is 0 Å². The van der Waals surface area contributed by atoms with Crippen molar-refractivity contribution in [2.75, 3.05) is 6.54 Å². The molecule has 0 bridgehead atoms. The maximum atomic E-state index is 5.79. The van der Waals surface area contributed by atoms with Gasteiger partial charge in [0.05, 0.1) is 12.2 Å². The van der Waals surface area contributed by atoms with E-state index in [-0.39, 0.29) is 0 Å². The van der Waals surface area contributed by atoms with E-state index in [2.05, 4.69) is 0 Å². The summed E-state index contributed by atoms with van der Waals surface area (Å²) in [6.07, 6.45) is 7.59. The van der Waals surface area contributed by atoms with Gasteiger partial charge in [-0.05, 0) is 31.6 Å². The van der Waals surface area contributed by atoms with Crippen molar-refractivity contribution in [1.82, 2.24) is 0 Å². The van der Waals surface area contributed by atoms with Crippen LogP contribution in [0.4, 0.5) is 0 Å². The average Bonchev–Trinajstić information content (AvgIpc) is 2.32. The zero-order valence-corrected chi connectivity index (χ0v) is 6.96. The standard InChI is InChI=1S/C9H17NO/c10-6-8-4-5-9(11-8)7-2-1-3-7/h7-9H,1-6,10H2. The lowest BCUT2D eigenvalue weighted by Crippen LogP contribution is -2.28. The molecular formula is C9H17NO. The molecule has 1 aliphatic heterocycles. The molecule has 1 saturated heterocycles. The quantitative estimate of drug-likeness (QED) is 0.652. The van der Waals surface area contributed by atoms with Gasteiger partial charge in [0.2, 0.25) is 0 Å². The minimum Gasteiger partial charge on any atom is -0.373 e. The third-order valence-electron chi connectivity index (χ3n) is 3.08.